The molecule has 144 valence electrons. The van der Waals surface area contributed by atoms with Crippen LogP contribution in [0.25, 0.3) is 0 Å². The molecule has 28 heavy (non-hydrogen) atoms. The van der Waals surface area contributed by atoms with Gasteiger partial charge in [0, 0.05) is 30.5 Å². The van der Waals surface area contributed by atoms with Crippen LogP contribution in [-0.2, 0) is 19.2 Å². The van der Waals surface area contributed by atoms with E-state index in [9.17, 15) is 14.0 Å². The monoisotopic (exact) mass is 398 g/mol. The Balaban J connectivity index is 1.82. The molecule has 0 spiro atoms. The smallest absolute Gasteiger partial charge is 0.335 e. The number of thioether (sulfide) groups is 1. The number of aryl methyl sites for hydroxylation is 1. The Kier molecular flexibility index (Phi) is 5.94. The summed E-state index contributed by atoms with van der Waals surface area (Å²) in [6.07, 6.45) is 0.386. The van der Waals surface area contributed by atoms with Gasteiger partial charge in [0.2, 0.25) is 0 Å². The molecule has 0 fully saturated rings. The Morgan fingerprint density at radius 3 is 2.57 bits per heavy atom. The van der Waals surface area contributed by atoms with Gasteiger partial charge in [0.05, 0.1) is 5.56 Å². The topological polar surface area (TPSA) is 72.2 Å². The fourth-order valence-corrected chi connectivity index (χ4v) is 3.76. The molecule has 0 radical (unpaired) electrons. The van der Waals surface area contributed by atoms with Crippen LogP contribution in [0.15, 0.2) is 58.5 Å². The molecule has 1 N–H and O–H groups in total. The zero-order chi connectivity index (χ0) is 20.3. The molecule has 3 rings (SSSR count). The number of halogens is 1. The number of nitrogens with zero attached hydrogens (tertiary/aromatic N) is 2. The maximum absolute atomic E-state index is 13.1. The fraction of sp³-hybridized carbons (Fsp3) is 0.190. The van der Waals surface area contributed by atoms with E-state index in [-0.39, 0.29) is 16.9 Å². The highest BCUT2D eigenvalue weighted by atomic mass is 32.2. The first-order chi connectivity index (χ1) is 13.3. The van der Waals surface area contributed by atoms with Gasteiger partial charge in [-0.3, -0.25) is 9.36 Å². The number of rotatable bonds is 6. The lowest BCUT2D eigenvalue weighted by molar-refractivity contribution is 0.0696. The van der Waals surface area contributed by atoms with Crippen LogP contribution in [-0.4, -0.2) is 20.6 Å². The molecule has 0 atom stereocenters. The summed E-state index contributed by atoms with van der Waals surface area (Å²) < 4.78 is 14.6. The second kappa shape index (κ2) is 8.39. The molecule has 1 aromatic heterocycles. The lowest BCUT2D eigenvalue weighted by Crippen LogP contribution is -2.25. The van der Waals surface area contributed by atoms with E-state index in [0.29, 0.717) is 28.6 Å². The highest BCUT2D eigenvalue weighted by molar-refractivity contribution is 7.98. The van der Waals surface area contributed by atoms with Crippen molar-refractivity contribution in [3.63, 3.8) is 0 Å². The second-order valence-corrected chi connectivity index (χ2v) is 7.36. The van der Waals surface area contributed by atoms with Crippen molar-refractivity contribution in [3.05, 3.63) is 92.6 Å². The first kappa shape index (κ1) is 19.8. The van der Waals surface area contributed by atoms with Crippen LogP contribution >= 0.6 is 11.8 Å². The Bertz CT molecular complexity index is 1080. The molecule has 0 aliphatic rings. The maximum Gasteiger partial charge on any atom is 0.335 e. The lowest BCUT2D eigenvalue weighted by Gasteiger charge is -2.12. The molecule has 0 bridgehead atoms. The summed E-state index contributed by atoms with van der Waals surface area (Å²) in [5.74, 6) is -0.790. The third kappa shape index (κ3) is 4.48. The summed E-state index contributed by atoms with van der Waals surface area (Å²) in [5, 5.41) is 9.65. The van der Waals surface area contributed by atoms with Crippen LogP contribution in [0.4, 0.5) is 4.39 Å². The Morgan fingerprint density at radius 2 is 1.89 bits per heavy atom. The molecule has 2 aromatic carbocycles. The van der Waals surface area contributed by atoms with E-state index < -0.39 is 5.97 Å². The molecular formula is C21H19FN2O3S. The van der Waals surface area contributed by atoms with Crippen molar-refractivity contribution < 1.29 is 14.3 Å². The number of benzene rings is 2. The average molecular weight is 398 g/mol. The largest absolute Gasteiger partial charge is 0.478 e. The quantitative estimate of drug-likeness (QED) is 0.505. The summed E-state index contributed by atoms with van der Waals surface area (Å²) in [4.78, 5) is 28.4. The third-order valence-electron chi connectivity index (χ3n) is 4.39. The summed E-state index contributed by atoms with van der Waals surface area (Å²) in [6.45, 7) is 1.79. The minimum absolute atomic E-state index is 0.140. The molecule has 0 aliphatic carbocycles. The van der Waals surface area contributed by atoms with Gasteiger partial charge in [-0.05, 0) is 42.3 Å². The van der Waals surface area contributed by atoms with Gasteiger partial charge >= 0.3 is 5.97 Å². The SMILES string of the molecule is Cc1nc(SCc2cccc(C(=O)O)c2)n(C)c(=O)c1Cc1ccc(F)cc1. The molecular weight excluding hydrogens is 379 g/mol. The molecule has 0 unspecified atom stereocenters. The van der Waals surface area contributed by atoms with Gasteiger partial charge in [-0.1, -0.05) is 36.0 Å². The van der Waals surface area contributed by atoms with Gasteiger partial charge < -0.3 is 5.11 Å². The lowest BCUT2D eigenvalue weighted by atomic mass is 10.1. The van der Waals surface area contributed by atoms with Crippen molar-refractivity contribution >= 4 is 17.7 Å². The predicted octanol–water partition coefficient (Wildman–Crippen LogP) is 3.81. The normalized spacial score (nSPS) is 10.8. The number of hydrogen-bond donors (Lipinski definition) is 1. The van der Waals surface area contributed by atoms with Crippen molar-refractivity contribution in [2.24, 2.45) is 7.05 Å². The minimum Gasteiger partial charge on any atom is -0.478 e. The van der Waals surface area contributed by atoms with Gasteiger partial charge in [-0.2, -0.15) is 0 Å². The van der Waals surface area contributed by atoms with E-state index in [2.05, 4.69) is 4.98 Å². The standard InChI is InChI=1S/C21H19FN2O3S/c1-13-18(11-14-6-8-17(22)9-7-14)19(25)24(2)21(23-13)28-12-15-4-3-5-16(10-15)20(26)27/h3-10H,11-12H2,1-2H3,(H,26,27). The van der Waals surface area contributed by atoms with Crippen LogP contribution in [0, 0.1) is 12.7 Å². The number of hydrogen-bond acceptors (Lipinski definition) is 4. The summed E-state index contributed by atoms with van der Waals surface area (Å²) in [7, 11) is 1.67. The average Bonchev–Trinajstić information content (AvgIpc) is 2.68. The molecule has 0 amide bonds. The van der Waals surface area contributed by atoms with E-state index >= 15 is 0 Å². The molecule has 3 aromatic rings. The zero-order valence-electron chi connectivity index (χ0n) is 15.5. The van der Waals surface area contributed by atoms with Crippen molar-refractivity contribution in [3.8, 4) is 0 Å². The molecule has 0 aliphatic heterocycles. The van der Waals surface area contributed by atoms with Gasteiger partial charge in [0.1, 0.15) is 5.82 Å². The van der Waals surface area contributed by atoms with Gasteiger partial charge in [-0.15, -0.1) is 0 Å². The number of carboxylic acids is 1. The molecule has 0 saturated heterocycles. The summed E-state index contributed by atoms with van der Waals surface area (Å²) in [6, 6.07) is 12.8. The summed E-state index contributed by atoms with van der Waals surface area (Å²) in [5.41, 5.74) is 2.98. The van der Waals surface area contributed by atoms with Gasteiger partial charge in [-0.25, -0.2) is 14.2 Å². The third-order valence-corrected chi connectivity index (χ3v) is 5.49. The molecule has 7 heteroatoms. The number of carbonyl (C=O) groups is 1. The molecule has 0 saturated carbocycles. The first-order valence-electron chi connectivity index (χ1n) is 8.61. The molecule has 5 nitrogen and oxygen atoms in total. The highest BCUT2D eigenvalue weighted by Crippen LogP contribution is 2.22. The number of aromatic nitrogens is 2. The maximum atomic E-state index is 13.1. The van der Waals surface area contributed by atoms with Crippen LogP contribution in [0.2, 0.25) is 0 Å². The van der Waals surface area contributed by atoms with E-state index in [1.165, 1.54) is 28.5 Å². The van der Waals surface area contributed by atoms with Crippen LogP contribution in [0.5, 0.6) is 0 Å². The summed E-state index contributed by atoms with van der Waals surface area (Å²) >= 11 is 1.38. The zero-order valence-corrected chi connectivity index (χ0v) is 16.3. The number of carboxylic acid groups (broad SMARTS) is 1. The minimum atomic E-state index is -0.974. The predicted molar refractivity (Wildman–Crippen MR) is 106 cm³/mol. The Hall–Kier alpha value is -2.93. The number of aromatic carboxylic acids is 1. The van der Waals surface area contributed by atoms with Gasteiger partial charge in [0.15, 0.2) is 5.16 Å². The van der Waals surface area contributed by atoms with E-state index in [0.717, 1.165) is 11.1 Å². The van der Waals surface area contributed by atoms with Crippen molar-refractivity contribution in [1.29, 1.82) is 0 Å². The van der Waals surface area contributed by atoms with Crippen LogP contribution in [0.1, 0.15) is 32.7 Å². The Morgan fingerprint density at radius 1 is 1.18 bits per heavy atom. The van der Waals surface area contributed by atoms with E-state index in [4.69, 9.17) is 5.11 Å². The van der Waals surface area contributed by atoms with Crippen molar-refractivity contribution in [2.45, 2.75) is 24.3 Å². The Labute approximate surface area is 165 Å². The van der Waals surface area contributed by atoms with Gasteiger partial charge in [0.25, 0.3) is 5.56 Å². The van der Waals surface area contributed by atoms with Crippen molar-refractivity contribution in [1.82, 2.24) is 9.55 Å². The van der Waals surface area contributed by atoms with E-state index in [1.54, 1.807) is 44.3 Å². The van der Waals surface area contributed by atoms with E-state index in [1.807, 2.05) is 6.07 Å². The second-order valence-electron chi connectivity index (χ2n) is 6.42. The first-order valence-corrected chi connectivity index (χ1v) is 9.59. The van der Waals surface area contributed by atoms with Crippen LogP contribution in [0.3, 0.4) is 0 Å². The molecule has 1 heterocycles. The highest BCUT2D eigenvalue weighted by Gasteiger charge is 2.13. The van der Waals surface area contributed by atoms with Crippen LogP contribution < -0.4 is 5.56 Å². The fourth-order valence-electron chi connectivity index (χ4n) is 2.81. The van der Waals surface area contributed by atoms with Crippen molar-refractivity contribution in [2.75, 3.05) is 0 Å².